The Bertz CT molecular complexity index is 1180. The number of anilines is 1. The van der Waals surface area contributed by atoms with Crippen molar-refractivity contribution < 1.29 is 9.57 Å². The molecule has 1 unspecified atom stereocenters. The highest BCUT2D eigenvalue weighted by molar-refractivity contribution is 5.90. The number of allylic oxidation sites excluding steroid dienone is 1. The van der Waals surface area contributed by atoms with E-state index in [9.17, 15) is 0 Å². The zero-order valence-electron chi connectivity index (χ0n) is 18.3. The first-order valence-corrected chi connectivity index (χ1v) is 10.7. The summed E-state index contributed by atoms with van der Waals surface area (Å²) < 4.78 is 6.62. The lowest BCUT2D eigenvalue weighted by Crippen LogP contribution is -2.45. The van der Waals surface area contributed by atoms with Gasteiger partial charge in [-0.1, -0.05) is 66.7 Å². The van der Waals surface area contributed by atoms with Gasteiger partial charge in [0.05, 0.1) is 17.8 Å². The molecule has 0 aromatic heterocycles. The first-order valence-electron chi connectivity index (χ1n) is 10.7. The average Bonchev–Trinajstić information content (AvgIpc) is 2.78. The van der Waals surface area contributed by atoms with Crippen LogP contribution in [0.1, 0.15) is 43.6 Å². The Labute approximate surface area is 184 Å². The molecular formula is C28H27NO2. The molecule has 31 heavy (non-hydrogen) atoms. The molecule has 156 valence electrons. The molecule has 2 heterocycles. The highest BCUT2D eigenvalue weighted by atomic mass is 16.7. The quantitative estimate of drug-likeness (QED) is 0.435. The van der Waals surface area contributed by atoms with Crippen LogP contribution in [0.5, 0.6) is 5.75 Å². The Morgan fingerprint density at radius 1 is 1.00 bits per heavy atom. The Morgan fingerprint density at radius 2 is 1.74 bits per heavy atom. The molecule has 0 saturated carbocycles. The summed E-state index contributed by atoms with van der Waals surface area (Å²) in [6, 6.07) is 23.1. The van der Waals surface area contributed by atoms with Gasteiger partial charge in [0.1, 0.15) is 5.75 Å². The SMILES string of the molecule is C=CCON1c2ccc3c(c2C(C)=CC1(C)C)C(c1ccccc1)Oc1ccccc1-3. The summed E-state index contributed by atoms with van der Waals surface area (Å²) in [7, 11) is 0. The molecule has 3 aromatic rings. The van der Waals surface area contributed by atoms with Crippen LogP contribution in [0, 0.1) is 0 Å². The molecule has 2 aliphatic heterocycles. The highest BCUT2D eigenvalue weighted by Gasteiger charge is 2.38. The van der Waals surface area contributed by atoms with Crippen molar-refractivity contribution in [2.24, 2.45) is 0 Å². The van der Waals surface area contributed by atoms with Crippen LogP contribution in [0.2, 0.25) is 0 Å². The van der Waals surface area contributed by atoms with Gasteiger partial charge in [-0.3, -0.25) is 4.84 Å². The van der Waals surface area contributed by atoms with E-state index in [1.165, 1.54) is 22.3 Å². The van der Waals surface area contributed by atoms with E-state index in [4.69, 9.17) is 9.57 Å². The minimum absolute atomic E-state index is 0.188. The van der Waals surface area contributed by atoms with Gasteiger partial charge in [0, 0.05) is 16.7 Å². The zero-order valence-corrected chi connectivity index (χ0v) is 18.3. The highest BCUT2D eigenvalue weighted by Crippen LogP contribution is 2.51. The lowest BCUT2D eigenvalue weighted by Gasteiger charge is -2.43. The van der Waals surface area contributed by atoms with Crippen molar-refractivity contribution in [2.75, 3.05) is 11.7 Å². The van der Waals surface area contributed by atoms with E-state index in [-0.39, 0.29) is 11.6 Å². The largest absolute Gasteiger partial charge is 0.480 e. The molecule has 3 aromatic carbocycles. The first kappa shape index (κ1) is 19.7. The number of hydroxylamine groups is 1. The molecule has 0 fully saturated rings. The molecule has 2 aliphatic rings. The Hall–Kier alpha value is -3.30. The fourth-order valence-corrected chi connectivity index (χ4v) is 4.87. The van der Waals surface area contributed by atoms with Crippen molar-refractivity contribution >= 4 is 11.3 Å². The van der Waals surface area contributed by atoms with Crippen LogP contribution in [0.4, 0.5) is 5.69 Å². The summed E-state index contributed by atoms with van der Waals surface area (Å²) in [6.45, 7) is 10.8. The van der Waals surface area contributed by atoms with Crippen molar-refractivity contribution in [2.45, 2.75) is 32.4 Å². The number of benzene rings is 3. The Balaban J connectivity index is 1.79. The van der Waals surface area contributed by atoms with E-state index in [1.54, 1.807) is 6.08 Å². The molecule has 0 saturated heterocycles. The summed E-state index contributed by atoms with van der Waals surface area (Å²) in [4.78, 5) is 6.15. The lowest BCUT2D eigenvalue weighted by molar-refractivity contribution is 0.0950. The third-order valence-electron chi connectivity index (χ3n) is 6.04. The van der Waals surface area contributed by atoms with E-state index < -0.39 is 0 Å². The second kappa shape index (κ2) is 7.44. The van der Waals surface area contributed by atoms with Crippen LogP contribution in [0.15, 0.2) is 85.5 Å². The fraction of sp³-hybridized carbons (Fsp3) is 0.214. The molecule has 0 spiro atoms. The minimum Gasteiger partial charge on any atom is -0.480 e. The monoisotopic (exact) mass is 409 g/mol. The van der Waals surface area contributed by atoms with Gasteiger partial charge in [0.25, 0.3) is 0 Å². The topological polar surface area (TPSA) is 21.7 Å². The van der Waals surface area contributed by atoms with Gasteiger partial charge >= 0.3 is 0 Å². The minimum atomic E-state index is -0.274. The maximum Gasteiger partial charge on any atom is 0.150 e. The van der Waals surface area contributed by atoms with E-state index >= 15 is 0 Å². The summed E-state index contributed by atoms with van der Waals surface area (Å²) in [6.07, 6.45) is 3.87. The molecule has 0 aliphatic carbocycles. The first-order chi connectivity index (χ1) is 15.0. The van der Waals surface area contributed by atoms with Gasteiger partial charge in [-0.15, -0.1) is 6.58 Å². The van der Waals surface area contributed by atoms with Crippen molar-refractivity contribution in [1.29, 1.82) is 0 Å². The third kappa shape index (κ3) is 3.17. The van der Waals surface area contributed by atoms with E-state index in [0.29, 0.717) is 6.61 Å². The molecular weight excluding hydrogens is 382 g/mol. The van der Waals surface area contributed by atoms with Crippen molar-refractivity contribution in [3.8, 4) is 16.9 Å². The average molecular weight is 410 g/mol. The van der Waals surface area contributed by atoms with Crippen LogP contribution in [-0.4, -0.2) is 12.1 Å². The Morgan fingerprint density at radius 3 is 2.52 bits per heavy atom. The van der Waals surface area contributed by atoms with Gasteiger partial charge in [-0.05, 0) is 49.6 Å². The van der Waals surface area contributed by atoms with E-state index in [2.05, 4.69) is 88.0 Å². The predicted molar refractivity (Wildman–Crippen MR) is 127 cm³/mol. The van der Waals surface area contributed by atoms with Crippen LogP contribution in [-0.2, 0) is 4.84 Å². The number of nitrogens with zero attached hydrogens (tertiary/aromatic N) is 1. The van der Waals surface area contributed by atoms with Gasteiger partial charge in [-0.25, -0.2) is 5.06 Å². The van der Waals surface area contributed by atoms with Gasteiger partial charge in [0.2, 0.25) is 0 Å². The molecule has 0 radical (unpaired) electrons. The van der Waals surface area contributed by atoms with E-state index in [1.807, 2.05) is 17.2 Å². The fourth-order valence-electron chi connectivity index (χ4n) is 4.87. The number of fused-ring (bicyclic) bond motifs is 5. The standard InChI is InChI=1S/C28H27NO2/c1-5-17-30-29-23-16-15-22-21-13-9-10-14-24(21)31-27(20-11-7-6-8-12-20)26(22)25(23)19(2)18-28(29,3)4/h5-16,18,27H,1,17H2,2-4H3. The maximum absolute atomic E-state index is 6.62. The van der Waals surface area contributed by atoms with Crippen LogP contribution >= 0.6 is 0 Å². The van der Waals surface area contributed by atoms with Crippen molar-refractivity contribution in [3.63, 3.8) is 0 Å². The second-order valence-electron chi connectivity index (χ2n) is 8.69. The number of rotatable bonds is 4. The van der Waals surface area contributed by atoms with Gasteiger partial charge in [-0.2, -0.15) is 0 Å². The lowest BCUT2D eigenvalue weighted by atomic mass is 9.80. The van der Waals surface area contributed by atoms with Crippen LogP contribution in [0.25, 0.3) is 16.7 Å². The normalized spacial score (nSPS) is 18.2. The molecule has 3 heteroatoms. The number of hydrogen-bond acceptors (Lipinski definition) is 3. The van der Waals surface area contributed by atoms with Gasteiger partial charge < -0.3 is 4.74 Å². The number of para-hydroxylation sites is 1. The second-order valence-corrected chi connectivity index (χ2v) is 8.69. The smallest absolute Gasteiger partial charge is 0.150 e. The van der Waals surface area contributed by atoms with Crippen molar-refractivity contribution in [3.05, 3.63) is 102 Å². The molecule has 0 amide bonds. The number of hydrogen-bond donors (Lipinski definition) is 0. The molecule has 3 nitrogen and oxygen atoms in total. The molecule has 0 N–H and O–H groups in total. The molecule has 5 rings (SSSR count). The molecule has 0 bridgehead atoms. The summed E-state index contributed by atoms with van der Waals surface area (Å²) in [5, 5.41) is 2.01. The summed E-state index contributed by atoms with van der Waals surface area (Å²) >= 11 is 0. The predicted octanol–water partition coefficient (Wildman–Crippen LogP) is 6.95. The zero-order chi connectivity index (χ0) is 21.6. The third-order valence-corrected chi connectivity index (χ3v) is 6.04. The van der Waals surface area contributed by atoms with Gasteiger partial charge in [0.15, 0.2) is 6.10 Å². The maximum atomic E-state index is 6.62. The van der Waals surface area contributed by atoms with Crippen LogP contribution < -0.4 is 9.80 Å². The van der Waals surface area contributed by atoms with E-state index in [0.717, 1.165) is 22.6 Å². The Kier molecular flexibility index (Phi) is 4.71. The van der Waals surface area contributed by atoms with Crippen LogP contribution in [0.3, 0.4) is 0 Å². The van der Waals surface area contributed by atoms with Crippen molar-refractivity contribution in [1.82, 2.24) is 0 Å². The number of ether oxygens (including phenoxy) is 1. The molecule has 1 atom stereocenters. The summed E-state index contributed by atoms with van der Waals surface area (Å²) in [5.74, 6) is 0.918. The summed E-state index contributed by atoms with van der Waals surface area (Å²) in [5.41, 5.74) is 7.89.